The summed E-state index contributed by atoms with van der Waals surface area (Å²) in [7, 11) is 0. The number of benzene rings is 2. The summed E-state index contributed by atoms with van der Waals surface area (Å²) in [6.45, 7) is 0. The molecule has 2 aromatic carbocycles. The molecule has 3 rings (SSSR count). The van der Waals surface area contributed by atoms with Crippen molar-refractivity contribution in [2.24, 2.45) is 5.92 Å². The first-order valence-electron chi connectivity index (χ1n) is 7.06. The zero-order valence-corrected chi connectivity index (χ0v) is 11.6. The van der Waals surface area contributed by atoms with Crippen molar-refractivity contribution in [2.45, 2.75) is 19.3 Å². The highest BCUT2D eigenvalue weighted by atomic mass is 19.1. The zero-order valence-electron chi connectivity index (χ0n) is 11.6. The van der Waals surface area contributed by atoms with E-state index in [9.17, 15) is 9.18 Å². The van der Waals surface area contributed by atoms with E-state index in [1.807, 2.05) is 12.1 Å². The van der Waals surface area contributed by atoms with E-state index < -0.39 is 5.82 Å². The average Bonchev–Trinajstić information content (AvgIpc) is 2.50. The maximum Gasteiger partial charge on any atom is 0.227 e. The number of nitrogens with one attached hydrogen (secondary N) is 1. The van der Waals surface area contributed by atoms with Gasteiger partial charge >= 0.3 is 0 Å². The number of rotatable bonds is 2. The number of halogens is 1. The largest absolute Gasteiger partial charge is 0.397 e. The SMILES string of the molecule is Nc1ccc(F)cc1NC(=O)C1CCc2ccccc2C1. The molecule has 3 N–H and O–H groups in total. The number of nitrogens with two attached hydrogens (primary N) is 1. The molecular weight excluding hydrogens is 267 g/mol. The average molecular weight is 284 g/mol. The maximum absolute atomic E-state index is 13.2. The quantitative estimate of drug-likeness (QED) is 0.832. The Bertz CT molecular complexity index is 684. The van der Waals surface area contributed by atoms with Crippen LogP contribution in [0.4, 0.5) is 15.8 Å². The summed E-state index contributed by atoms with van der Waals surface area (Å²) in [4.78, 5) is 12.4. The lowest BCUT2D eigenvalue weighted by molar-refractivity contribution is -0.120. The van der Waals surface area contributed by atoms with Crippen LogP contribution in [0.2, 0.25) is 0 Å². The molecule has 1 atom stereocenters. The van der Waals surface area contributed by atoms with Crippen molar-refractivity contribution in [1.82, 2.24) is 0 Å². The zero-order chi connectivity index (χ0) is 14.8. The minimum absolute atomic E-state index is 0.0948. The van der Waals surface area contributed by atoms with E-state index in [0.717, 1.165) is 19.3 Å². The monoisotopic (exact) mass is 284 g/mol. The van der Waals surface area contributed by atoms with E-state index in [1.54, 1.807) is 0 Å². The first kappa shape index (κ1) is 13.6. The van der Waals surface area contributed by atoms with Crippen molar-refractivity contribution in [3.05, 3.63) is 59.4 Å². The van der Waals surface area contributed by atoms with Crippen LogP contribution >= 0.6 is 0 Å². The van der Waals surface area contributed by atoms with Crippen molar-refractivity contribution < 1.29 is 9.18 Å². The van der Waals surface area contributed by atoms with Gasteiger partial charge < -0.3 is 11.1 Å². The highest BCUT2D eigenvalue weighted by Gasteiger charge is 2.24. The van der Waals surface area contributed by atoms with Crippen LogP contribution in [0.1, 0.15) is 17.5 Å². The van der Waals surface area contributed by atoms with Crippen LogP contribution in [0.15, 0.2) is 42.5 Å². The fraction of sp³-hybridized carbons (Fsp3) is 0.235. The number of amides is 1. The van der Waals surface area contributed by atoms with Gasteiger partial charge in [0.1, 0.15) is 5.82 Å². The third-order valence-electron chi connectivity index (χ3n) is 3.99. The summed E-state index contributed by atoms with van der Waals surface area (Å²) >= 11 is 0. The smallest absolute Gasteiger partial charge is 0.227 e. The predicted octanol–water partition coefficient (Wildman–Crippen LogP) is 3.15. The molecule has 0 heterocycles. The van der Waals surface area contributed by atoms with Crippen molar-refractivity contribution in [3.63, 3.8) is 0 Å². The van der Waals surface area contributed by atoms with E-state index in [4.69, 9.17) is 5.73 Å². The number of carbonyl (C=O) groups is 1. The van der Waals surface area contributed by atoms with Gasteiger partial charge in [-0.15, -0.1) is 0 Å². The van der Waals surface area contributed by atoms with E-state index >= 15 is 0 Å². The maximum atomic E-state index is 13.2. The highest BCUT2D eigenvalue weighted by molar-refractivity contribution is 5.95. The molecule has 1 unspecified atom stereocenters. The molecule has 21 heavy (non-hydrogen) atoms. The molecule has 0 aromatic heterocycles. The molecular formula is C17H17FN2O. The number of nitrogen functional groups attached to an aromatic ring is 1. The molecule has 108 valence electrons. The predicted molar refractivity (Wildman–Crippen MR) is 81.4 cm³/mol. The van der Waals surface area contributed by atoms with Crippen molar-refractivity contribution in [1.29, 1.82) is 0 Å². The summed E-state index contributed by atoms with van der Waals surface area (Å²) < 4.78 is 13.2. The summed E-state index contributed by atoms with van der Waals surface area (Å²) in [5.74, 6) is -0.599. The molecule has 0 aliphatic heterocycles. The lowest BCUT2D eigenvalue weighted by atomic mass is 9.83. The second-order valence-electron chi connectivity index (χ2n) is 5.43. The van der Waals surface area contributed by atoms with Gasteiger partial charge in [-0.1, -0.05) is 24.3 Å². The molecule has 0 bridgehead atoms. The molecule has 0 spiro atoms. The molecule has 2 aromatic rings. The minimum atomic E-state index is -0.409. The molecule has 0 saturated heterocycles. The summed E-state index contributed by atoms with van der Waals surface area (Å²) in [6.07, 6.45) is 2.42. The molecule has 0 fully saturated rings. The van der Waals surface area contributed by atoms with Crippen LogP contribution in [0.25, 0.3) is 0 Å². The van der Waals surface area contributed by atoms with Gasteiger partial charge in [-0.05, 0) is 48.6 Å². The second kappa shape index (κ2) is 5.56. The molecule has 1 aliphatic carbocycles. The molecule has 4 heteroatoms. The van der Waals surface area contributed by atoms with Gasteiger partial charge in [0.05, 0.1) is 11.4 Å². The number of hydrogen-bond acceptors (Lipinski definition) is 2. The normalized spacial score (nSPS) is 17.1. The van der Waals surface area contributed by atoms with Gasteiger partial charge in [0.2, 0.25) is 5.91 Å². The van der Waals surface area contributed by atoms with Crippen LogP contribution in [0.5, 0.6) is 0 Å². The minimum Gasteiger partial charge on any atom is -0.397 e. The van der Waals surface area contributed by atoms with Gasteiger partial charge in [-0.25, -0.2) is 4.39 Å². The lowest BCUT2D eigenvalue weighted by Gasteiger charge is -2.24. The Hall–Kier alpha value is -2.36. The van der Waals surface area contributed by atoms with Crippen molar-refractivity contribution in [2.75, 3.05) is 11.1 Å². The topological polar surface area (TPSA) is 55.1 Å². The van der Waals surface area contributed by atoms with E-state index in [1.165, 1.54) is 29.3 Å². The molecule has 1 aliphatic rings. The number of fused-ring (bicyclic) bond motifs is 1. The molecule has 1 amide bonds. The Morgan fingerprint density at radius 3 is 2.76 bits per heavy atom. The molecule has 0 radical (unpaired) electrons. The van der Waals surface area contributed by atoms with Gasteiger partial charge in [0, 0.05) is 5.92 Å². The van der Waals surface area contributed by atoms with Gasteiger partial charge in [-0.3, -0.25) is 4.79 Å². The van der Waals surface area contributed by atoms with Crippen LogP contribution in [-0.2, 0) is 17.6 Å². The van der Waals surface area contributed by atoms with Crippen molar-refractivity contribution in [3.8, 4) is 0 Å². The van der Waals surface area contributed by atoms with E-state index in [2.05, 4.69) is 17.4 Å². The van der Waals surface area contributed by atoms with Gasteiger partial charge in [0.25, 0.3) is 0 Å². The Morgan fingerprint density at radius 2 is 1.95 bits per heavy atom. The van der Waals surface area contributed by atoms with E-state index in [0.29, 0.717) is 11.4 Å². The second-order valence-corrected chi connectivity index (χ2v) is 5.43. The number of anilines is 2. The Kier molecular flexibility index (Phi) is 3.60. The summed E-state index contributed by atoms with van der Waals surface area (Å²) in [5, 5.41) is 2.75. The van der Waals surface area contributed by atoms with Crippen LogP contribution in [-0.4, -0.2) is 5.91 Å². The fourth-order valence-electron chi connectivity index (χ4n) is 2.79. The standard InChI is InChI=1S/C17H17FN2O/c18-14-7-8-15(19)16(10-14)20-17(21)13-6-5-11-3-1-2-4-12(11)9-13/h1-4,7-8,10,13H,5-6,9,19H2,(H,20,21). The highest BCUT2D eigenvalue weighted by Crippen LogP contribution is 2.27. The third-order valence-corrected chi connectivity index (χ3v) is 3.99. The Balaban J connectivity index is 1.74. The number of hydrogen-bond donors (Lipinski definition) is 2. The van der Waals surface area contributed by atoms with Crippen molar-refractivity contribution >= 4 is 17.3 Å². The Morgan fingerprint density at radius 1 is 1.19 bits per heavy atom. The lowest BCUT2D eigenvalue weighted by Crippen LogP contribution is -2.28. The van der Waals surface area contributed by atoms with Crippen LogP contribution in [0, 0.1) is 11.7 Å². The summed E-state index contributed by atoms with van der Waals surface area (Å²) in [6, 6.07) is 12.2. The van der Waals surface area contributed by atoms with E-state index in [-0.39, 0.29) is 11.8 Å². The van der Waals surface area contributed by atoms with Crippen LogP contribution < -0.4 is 11.1 Å². The number of aryl methyl sites for hydroxylation is 1. The summed E-state index contributed by atoms with van der Waals surface area (Å²) in [5.41, 5.74) is 9.01. The third kappa shape index (κ3) is 2.89. The fourth-order valence-corrected chi connectivity index (χ4v) is 2.79. The molecule has 0 saturated carbocycles. The first-order chi connectivity index (χ1) is 10.1. The van der Waals surface area contributed by atoms with Crippen LogP contribution in [0.3, 0.4) is 0 Å². The Labute approximate surface area is 123 Å². The van der Waals surface area contributed by atoms with Gasteiger partial charge in [-0.2, -0.15) is 0 Å². The first-order valence-corrected chi connectivity index (χ1v) is 7.06. The molecule has 3 nitrogen and oxygen atoms in total. The van der Waals surface area contributed by atoms with Gasteiger partial charge in [0.15, 0.2) is 0 Å². The number of carbonyl (C=O) groups excluding carboxylic acids is 1.